The SMILES string of the molecule is C=C(CC(=O)O)C(=O)O.C=C(CC(=O)O)C(=O)OC(C)C. The topological polar surface area (TPSA) is 138 Å². The van der Waals surface area contributed by atoms with Crippen LogP contribution in [0.15, 0.2) is 24.3 Å². The number of rotatable bonds is 7. The van der Waals surface area contributed by atoms with E-state index < -0.39 is 30.3 Å². The van der Waals surface area contributed by atoms with Crippen LogP contribution in [0.4, 0.5) is 0 Å². The predicted molar refractivity (Wildman–Crippen MR) is 71.6 cm³/mol. The molecule has 0 amide bonds. The van der Waals surface area contributed by atoms with Crippen molar-refractivity contribution in [3.63, 3.8) is 0 Å². The van der Waals surface area contributed by atoms with Gasteiger partial charge in [0.05, 0.1) is 18.9 Å². The minimum absolute atomic E-state index is 0.0313. The molecule has 0 aliphatic carbocycles. The van der Waals surface area contributed by atoms with Crippen molar-refractivity contribution in [3.05, 3.63) is 24.3 Å². The molecule has 0 saturated carbocycles. The van der Waals surface area contributed by atoms with Crippen LogP contribution in [0.1, 0.15) is 26.7 Å². The van der Waals surface area contributed by atoms with Gasteiger partial charge < -0.3 is 20.1 Å². The van der Waals surface area contributed by atoms with Crippen LogP contribution in [0.3, 0.4) is 0 Å². The molecule has 0 bridgehead atoms. The van der Waals surface area contributed by atoms with Crippen molar-refractivity contribution in [1.29, 1.82) is 0 Å². The molecule has 0 aromatic rings. The molecule has 0 heterocycles. The van der Waals surface area contributed by atoms with Crippen LogP contribution >= 0.6 is 0 Å². The molecule has 0 spiro atoms. The summed E-state index contributed by atoms with van der Waals surface area (Å²) in [5, 5.41) is 24.4. The number of esters is 1. The highest BCUT2D eigenvalue weighted by atomic mass is 16.5. The van der Waals surface area contributed by atoms with Gasteiger partial charge in [0.2, 0.25) is 0 Å². The van der Waals surface area contributed by atoms with E-state index in [9.17, 15) is 19.2 Å². The second kappa shape index (κ2) is 10.2. The Labute approximate surface area is 121 Å². The number of hydrogen-bond donors (Lipinski definition) is 3. The van der Waals surface area contributed by atoms with Crippen LogP contribution in [-0.2, 0) is 23.9 Å². The highest BCUT2D eigenvalue weighted by molar-refractivity contribution is 5.93. The van der Waals surface area contributed by atoms with Gasteiger partial charge in [0, 0.05) is 11.1 Å². The summed E-state index contributed by atoms with van der Waals surface area (Å²) in [5.41, 5.74) is -0.335. The number of aliphatic carboxylic acids is 3. The van der Waals surface area contributed by atoms with E-state index in [1.165, 1.54) is 0 Å². The molecule has 118 valence electrons. The number of carbonyl (C=O) groups excluding carboxylic acids is 1. The van der Waals surface area contributed by atoms with Crippen molar-refractivity contribution < 1.29 is 39.2 Å². The first-order valence-electron chi connectivity index (χ1n) is 5.70. The first kappa shape index (κ1) is 20.7. The van der Waals surface area contributed by atoms with Crippen molar-refractivity contribution in [2.24, 2.45) is 0 Å². The third-order valence-corrected chi connectivity index (χ3v) is 1.66. The van der Waals surface area contributed by atoms with Crippen molar-refractivity contribution in [2.75, 3.05) is 0 Å². The van der Waals surface area contributed by atoms with E-state index in [1.54, 1.807) is 13.8 Å². The van der Waals surface area contributed by atoms with Crippen LogP contribution in [0.5, 0.6) is 0 Å². The van der Waals surface area contributed by atoms with Crippen molar-refractivity contribution in [3.8, 4) is 0 Å². The molecule has 0 aliphatic rings. The van der Waals surface area contributed by atoms with Gasteiger partial charge in [-0.1, -0.05) is 13.2 Å². The fourth-order valence-corrected chi connectivity index (χ4v) is 0.810. The predicted octanol–water partition coefficient (Wildman–Crippen LogP) is 1.07. The van der Waals surface area contributed by atoms with Crippen molar-refractivity contribution >= 4 is 23.9 Å². The Morgan fingerprint density at radius 3 is 1.52 bits per heavy atom. The van der Waals surface area contributed by atoms with Crippen LogP contribution in [0, 0.1) is 0 Å². The zero-order valence-corrected chi connectivity index (χ0v) is 11.8. The zero-order valence-electron chi connectivity index (χ0n) is 11.8. The van der Waals surface area contributed by atoms with E-state index in [4.69, 9.17) is 20.1 Å². The van der Waals surface area contributed by atoms with Gasteiger partial charge in [-0.2, -0.15) is 0 Å². The van der Waals surface area contributed by atoms with Gasteiger partial charge in [-0.05, 0) is 13.8 Å². The van der Waals surface area contributed by atoms with E-state index in [0.717, 1.165) is 0 Å². The average molecular weight is 302 g/mol. The maximum atomic E-state index is 10.9. The zero-order chi connectivity index (χ0) is 17.2. The molecule has 0 unspecified atom stereocenters. The van der Waals surface area contributed by atoms with Crippen molar-refractivity contribution in [1.82, 2.24) is 0 Å². The molecule has 0 saturated heterocycles. The molecule has 21 heavy (non-hydrogen) atoms. The lowest BCUT2D eigenvalue weighted by Gasteiger charge is -2.07. The molecule has 0 aromatic carbocycles. The number of ether oxygens (including phenoxy) is 1. The monoisotopic (exact) mass is 302 g/mol. The second-order valence-electron chi connectivity index (χ2n) is 4.11. The lowest BCUT2D eigenvalue weighted by atomic mass is 10.2. The Morgan fingerprint density at radius 2 is 1.29 bits per heavy atom. The Morgan fingerprint density at radius 1 is 0.905 bits per heavy atom. The minimum atomic E-state index is -1.27. The van der Waals surface area contributed by atoms with E-state index >= 15 is 0 Å². The van der Waals surface area contributed by atoms with E-state index in [0.29, 0.717) is 0 Å². The molecule has 0 fully saturated rings. The average Bonchev–Trinajstić information content (AvgIpc) is 2.26. The number of carboxylic acid groups (broad SMARTS) is 3. The summed E-state index contributed by atoms with van der Waals surface area (Å²) < 4.78 is 4.71. The van der Waals surface area contributed by atoms with Crippen LogP contribution in [-0.4, -0.2) is 45.3 Å². The summed E-state index contributed by atoms with van der Waals surface area (Å²) >= 11 is 0. The lowest BCUT2D eigenvalue weighted by Crippen LogP contribution is -2.14. The Hall–Kier alpha value is -2.64. The van der Waals surface area contributed by atoms with E-state index in [1.807, 2.05) is 0 Å². The minimum Gasteiger partial charge on any atom is -0.481 e. The number of carboxylic acids is 3. The number of hydrogen-bond acceptors (Lipinski definition) is 5. The molecular formula is C13H18O8. The maximum Gasteiger partial charge on any atom is 0.334 e. The van der Waals surface area contributed by atoms with Crippen LogP contribution in [0.25, 0.3) is 0 Å². The molecule has 8 nitrogen and oxygen atoms in total. The first-order chi connectivity index (χ1) is 9.47. The summed E-state index contributed by atoms with van der Waals surface area (Å²) in [5.74, 6) is -4.17. The molecular weight excluding hydrogens is 284 g/mol. The van der Waals surface area contributed by atoms with Gasteiger partial charge in [-0.3, -0.25) is 9.59 Å². The van der Waals surface area contributed by atoms with Gasteiger partial charge in [0.15, 0.2) is 0 Å². The van der Waals surface area contributed by atoms with Gasteiger partial charge >= 0.3 is 23.9 Å². The van der Waals surface area contributed by atoms with Crippen LogP contribution in [0.2, 0.25) is 0 Å². The summed E-state index contributed by atoms with van der Waals surface area (Å²) in [6.45, 7) is 9.68. The van der Waals surface area contributed by atoms with Gasteiger partial charge in [-0.25, -0.2) is 9.59 Å². The summed E-state index contributed by atoms with van der Waals surface area (Å²) in [7, 11) is 0. The second-order valence-corrected chi connectivity index (χ2v) is 4.11. The molecule has 0 rings (SSSR count). The quantitative estimate of drug-likeness (QED) is 0.469. The fraction of sp³-hybridized carbons (Fsp3) is 0.385. The largest absolute Gasteiger partial charge is 0.481 e. The summed E-state index contributed by atoms with van der Waals surface area (Å²) in [6.07, 6.45) is -1.12. The highest BCUT2D eigenvalue weighted by Crippen LogP contribution is 2.03. The number of carbonyl (C=O) groups is 4. The third-order valence-electron chi connectivity index (χ3n) is 1.66. The van der Waals surface area contributed by atoms with Gasteiger partial charge in [0.1, 0.15) is 0 Å². The standard InChI is InChI=1S/C8H12O4.C5H6O4/c1-5(2)12-8(11)6(3)4-7(9)10;1-3(5(8)9)2-4(6)7/h5H,3-4H2,1-2H3,(H,9,10);1-2H2,(H,6,7)(H,8,9). The van der Waals surface area contributed by atoms with Crippen LogP contribution < -0.4 is 0 Å². The van der Waals surface area contributed by atoms with E-state index in [2.05, 4.69) is 13.2 Å². The Balaban J connectivity index is 0. The summed E-state index contributed by atoms with van der Waals surface area (Å²) in [6, 6.07) is 0. The van der Waals surface area contributed by atoms with Gasteiger partial charge in [-0.15, -0.1) is 0 Å². The summed E-state index contributed by atoms with van der Waals surface area (Å²) in [4.78, 5) is 40.7. The van der Waals surface area contributed by atoms with E-state index in [-0.39, 0.29) is 23.7 Å². The smallest absolute Gasteiger partial charge is 0.334 e. The molecule has 0 radical (unpaired) electrons. The highest BCUT2D eigenvalue weighted by Gasteiger charge is 2.13. The maximum absolute atomic E-state index is 10.9. The normalized spacial score (nSPS) is 9.10. The van der Waals surface area contributed by atoms with Gasteiger partial charge in [0.25, 0.3) is 0 Å². The molecule has 3 N–H and O–H groups in total. The van der Waals surface area contributed by atoms with Crippen molar-refractivity contribution in [2.45, 2.75) is 32.8 Å². The third kappa shape index (κ3) is 13.6. The molecule has 0 atom stereocenters. The Bertz CT molecular complexity index is 447. The molecule has 8 heteroatoms. The Kier molecular flexibility index (Phi) is 10.0. The lowest BCUT2D eigenvalue weighted by molar-refractivity contribution is -0.145. The molecule has 0 aromatic heterocycles. The molecule has 0 aliphatic heterocycles. The fourth-order valence-electron chi connectivity index (χ4n) is 0.810. The first-order valence-corrected chi connectivity index (χ1v) is 5.70.